The Labute approximate surface area is 190 Å². The van der Waals surface area contributed by atoms with Gasteiger partial charge in [0.25, 0.3) is 5.69 Å². The van der Waals surface area contributed by atoms with Crippen molar-refractivity contribution in [1.82, 2.24) is 9.78 Å². The summed E-state index contributed by atoms with van der Waals surface area (Å²) in [5.74, 6) is -1.45. The van der Waals surface area contributed by atoms with Gasteiger partial charge in [-0.1, -0.05) is 6.07 Å². The Morgan fingerprint density at radius 2 is 1.85 bits per heavy atom. The fraction of sp³-hybridized carbons (Fsp3) is 0.227. The van der Waals surface area contributed by atoms with Crippen LogP contribution in [-0.2, 0) is 15.8 Å². The molecule has 3 aromatic rings. The molecule has 1 unspecified atom stereocenters. The molecule has 9 nitrogen and oxygen atoms in total. The summed E-state index contributed by atoms with van der Waals surface area (Å²) in [7, 11) is 0. The smallest absolute Gasteiger partial charge is 0.312 e. The molecule has 176 valence electrons. The van der Waals surface area contributed by atoms with Crippen LogP contribution in [0, 0.1) is 23.0 Å². The number of benzene rings is 2. The summed E-state index contributed by atoms with van der Waals surface area (Å²) < 4.78 is 40.5. The van der Waals surface area contributed by atoms with Gasteiger partial charge in [-0.05, 0) is 37.3 Å². The number of nitrogens with one attached hydrogen (secondary N) is 1. The summed E-state index contributed by atoms with van der Waals surface area (Å²) in [6.07, 6.45) is -4.71. The van der Waals surface area contributed by atoms with Crippen molar-refractivity contribution >= 4 is 29.0 Å². The average molecular weight is 473 g/mol. The zero-order chi connectivity index (χ0) is 24.6. The van der Waals surface area contributed by atoms with Gasteiger partial charge in [0.2, 0.25) is 11.8 Å². The first-order chi connectivity index (χ1) is 16.0. The lowest BCUT2D eigenvalue weighted by Crippen LogP contribution is -2.28. The Morgan fingerprint density at radius 1 is 1.15 bits per heavy atom. The van der Waals surface area contributed by atoms with Crippen LogP contribution in [0.5, 0.6) is 0 Å². The Hall–Kier alpha value is -4.22. The second-order valence-electron chi connectivity index (χ2n) is 7.80. The van der Waals surface area contributed by atoms with E-state index in [4.69, 9.17) is 0 Å². The van der Waals surface area contributed by atoms with Crippen molar-refractivity contribution in [2.45, 2.75) is 19.5 Å². The van der Waals surface area contributed by atoms with Crippen LogP contribution in [-0.4, -0.2) is 33.1 Å². The monoisotopic (exact) mass is 473 g/mol. The fourth-order valence-electron chi connectivity index (χ4n) is 3.71. The molecular weight excluding hydrogens is 455 g/mol. The molecule has 1 N–H and O–H groups in total. The van der Waals surface area contributed by atoms with Gasteiger partial charge in [-0.15, -0.1) is 0 Å². The minimum absolute atomic E-state index is 0.0712. The summed E-state index contributed by atoms with van der Waals surface area (Å²) in [4.78, 5) is 36.9. The summed E-state index contributed by atoms with van der Waals surface area (Å²) >= 11 is 0. The Kier molecular flexibility index (Phi) is 5.82. The number of aromatic nitrogens is 2. The van der Waals surface area contributed by atoms with Gasteiger partial charge in [-0.25, -0.2) is 4.68 Å². The van der Waals surface area contributed by atoms with Crippen molar-refractivity contribution in [2.24, 2.45) is 5.92 Å². The minimum atomic E-state index is -4.55. The van der Waals surface area contributed by atoms with Gasteiger partial charge in [0, 0.05) is 36.9 Å². The van der Waals surface area contributed by atoms with Crippen LogP contribution in [0.25, 0.3) is 5.69 Å². The third kappa shape index (κ3) is 4.60. The number of alkyl halides is 3. The topological polar surface area (TPSA) is 110 Å². The Balaban J connectivity index is 1.51. The molecule has 1 aromatic heterocycles. The number of hydrogen-bond donors (Lipinski definition) is 1. The highest BCUT2D eigenvalue weighted by atomic mass is 19.4. The number of rotatable bonds is 5. The van der Waals surface area contributed by atoms with E-state index in [1.54, 1.807) is 13.0 Å². The van der Waals surface area contributed by atoms with Crippen molar-refractivity contribution in [1.29, 1.82) is 0 Å². The SMILES string of the molecule is Cc1cc(NC(=O)C2CC(=O)N(c3cccc(C(F)(F)F)c3)C2)n(-c2ccc([N+](=O)[O-])cc2)n1. The number of nitrogens with zero attached hydrogens (tertiary/aromatic N) is 4. The van der Waals surface area contributed by atoms with E-state index in [-0.39, 0.29) is 24.3 Å². The molecule has 0 saturated carbocycles. The summed E-state index contributed by atoms with van der Waals surface area (Å²) in [5.41, 5.74) is 0.135. The van der Waals surface area contributed by atoms with E-state index in [1.807, 2.05) is 0 Å². The number of hydrogen-bond acceptors (Lipinski definition) is 5. The van der Waals surface area contributed by atoms with Crippen LogP contribution in [0.4, 0.5) is 30.4 Å². The molecule has 1 saturated heterocycles. The third-order valence-electron chi connectivity index (χ3n) is 5.37. The van der Waals surface area contributed by atoms with Crippen LogP contribution in [0.3, 0.4) is 0 Å². The molecule has 2 aromatic carbocycles. The van der Waals surface area contributed by atoms with Gasteiger partial charge in [-0.3, -0.25) is 19.7 Å². The Bertz CT molecular complexity index is 1270. The van der Waals surface area contributed by atoms with Crippen LogP contribution in [0.1, 0.15) is 17.7 Å². The number of nitro benzene ring substituents is 1. The minimum Gasteiger partial charge on any atom is -0.312 e. The number of carbonyl (C=O) groups excluding carboxylic acids is 2. The molecule has 2 heterocycles. The van der Waals surface area contributed by atoms with Crippen LogP contribution in [0.2, 0.25) is 0 Å². The predicted molar refractivity (Wildman–Crippen MR) is 115 cm³/mol. The molecule has 0 radical (unpaired) electrons. The normalized spacial score (nSPS) is 16.1. The highest BCUT2D eigenvalue weighted by Crippen LogP contribution is 2.33. The van der Waals surface area contributed by atoms with Gasteiger partial charge < -0.3 is 10.2 Å². The molecule has 2 amide bonds. The number of nitro groups is 1. The first-order valence-corrected chi connectivity index (χ1v) is 10.1. The van der Waals surface area contributed by atoms with Crippen molar-refractivity contribution < 1.29 is 27.7 Å². The van der Waals surface area contributed by atoms with E-state index in [2.05, 4.69) is 10.4 Å². The molecular formula is C22H18F3N5O4. The number of anilines is 2. The molecule has 0 bridgehead atoms. The summed E-state index contributed by atoms with van der Waals surface area (Å²) in [6, 6.07) is 11.6. The highest BCUT2D eigenvalue weighted by Gasteiger charge is 2.37. The second kappa shape index (κ2) is 8.61. The molecule has 1 fully saturated rings. The zero-order valence-corrected chi connectivity index (χ0v) is 17.7. The maximum Gasteiger partial charge on any atom is 0.416 e. The number of aryl methyl sites for hydroxylation is 1. The van der Waals surface area contributed by atoms with Gasteiger partial charge in [0.05, 0.1) is 27.8 Å². The van der Waals surface area contributed by atoms with Crippen LogP contribution >= 0.6 is 0 Å². The van der Waals surface area contributed by atoms with Gasteiger partial charge >= 0.3 is 6.18 Å². The maximum absolute atomic E-state index is 13.0. The number of carbonyl (C=O) groups is 2. The fourth-order valence-corrected chi connectivity index (χ4v) is 3.71. The largest absolute Gasteiger partial charge is 0.416 e. The molecule has 0 aliphatic carbocycles. The molecule has 1 aliphatic heterocycles. The van der Waals surface area contributed by atoms with E-state index >= 15 is 0 Å². The lowest BCUT2D eigenvalue weighted by atomic mass is 10.1. The van der Waals surface area contributed by atoms with E-state index in [0.29, 0.717) is 17.2 Å². The molecule has 34 heavy (non-hydrogen) atoms. The second-order valence-corrected chi connectivity index (χ2v) is 7.80. The molecule has 0 spiro atoms. The summed E-state index contributed by atoms with van der Waals surface area (Å²) in [5, 5.41) is 17.9. The van der Waals surface area contributed by atoms with E-state index in [9.17, 15) is 32.9 Å². The molecule has 1 aliphatic rings. The number of halogens is 3. The van der Waals surface area contributed by atoms with Gasteiger partial charge in [0.1, 0.15) is 5.82 Å². The highest BCUT2D eigenvalue weighted by molar-refractivity contribution is 6.03. The molecule has 1 atom stereocenters. The van der Waals surface area contributed by atoms with Crippen LogP contribution < -0.4 is 10.2 Å². The summed E-state index contributed by atoms with van der Waals surface area (Å²) in [6.45, 7) is 1.63. The van der Waals surface area contributed by atoms with Crippen LogP contribution in [0.15, 0.2) is 54.6 Å². The average Bonchev–Trinajstić information content (AvgIpc) is 3.35. The third-order valence-corrected chi connectivity index (χ3v) is 5.37. The van der Waals surface area contributed by atoms with Crippen molar-refractivity contribution in [3.05, 3.63) is 76.0 Å². The first-order valence-electron chi connectivity index (χ1n) is 10.1. The van der Waals surface area contributed by atoms with Gasteiger partial charge in [-0.2, -0.15) is 18.3 Å². The maximum atomic E-state index is 13.0. The Morgan fingerprint density at radius 3 is 2.50 bits per heavy atom. The first kappa shape index (κ1) is 23.0. The predicted octanol–water partition coefficient (Wildman–Crippen LogP) is 4.10. The van der Waals surface area contributed by atoms with E-state index < -0.39 is 34.4 Å². The number of non-ortho nitro benzene ring substituents is 1. The van der Waals surface area contributed by atoms with E-state index in [0.717, 1.165) is 12.1 Å². The van der Waals surface area contributed by atoms with E-state index in [1.165, 1.54) is 46.0 Å². The number of amides is 2. The molecule has 12 heteroatoms. The van der Waals surface area contributed by atoms with Crippen molar-refractivity contribution in [2.75, 3.05) is 16.8 Å². The van der Waals surface area contributed by atoms with Crippen molar-refractivity contribution in [3.8, 4) is 5.69 Å². The standard InChI is InChI=1S/C22H18F3N5O4/c1-13-9-19(29(27-13)16-5-7-17(8-6-16)30(33)34)26-21(32)14-10-20(31)28(12-14)18-4-2-3-15(11-18)22(23,24)25/h2-9,11,14H,10,12H2,1H3,(H,26,32). The lowest BCUT2D eigenvalue weighted by molar-refractivity contribution is -0.384. The zero-order valence-electron chi connectivity index (χ0n) is 17.7. The van der Waals surface area contributed by atoms with Gasteiger partial charge in [0.15, 0.2) is 0 Å². The molecule has 4 rings (SSSR count). The quantitative estimate of drug-likeness (QED) is 0.443. The lowest BCUT2D eigenvalue weighted by Gasteiger charge is -2.18. The van der Waals surface area contributed by atoms with Crippen molar-refractivity contribution in [3.63, 3.8) is 0 Å².